The lowest BCUT2D eigenvalue weighted by molar-refractivity contribution is -0.337. The molecule has 5 aliphatic rings. The first-order valence-corrected chi connectivity index (χ1v) is 14.9. The molecule has 0 spiro atoms. The number of aromatic nitrogens is 5. The highest BCUT2D eigenvalue weighted by Gasteiger charge is 2.79. The van der Waals surface area contributed by atoms with E-state index in [-0.39, 0.29) is 31.3 Å². The summed E-state index contributed by atoms with van der Waals surface area (Å²) in [4.78, 5) is 15.7. The molecule has 2 atom stereocenters. The van der Waals surface area contributed by atoms with E-state index in [1.807, 2.05) is 37.0 Å². The molecule has 0 amide bonds. The third-order valence-electron chi connectivity index (χ3n) is 8.77. The Hall–Kier alpha value is -2.46. The lowest BCUT2D eigenvalue weighted by Crippen LogP contribution is -2.70. The highest BCUT2D eigenvalue weighted by atomic mass is 32.2. The lowest BCUT2D eigenvalue weighted by atomic mass is 9.33. The van der Waals surface area contributed by atoms with E-state index in [1.165, 1.54) is 12.8 Å². The normalized spacial score (nSPS) is 29.7. The molecule has 39 heavy (non-hydrogen) atoms. The van der Waals surface area contributed by atoms with E-state index in [0.717, 1.165) is 40.1 Å². The van der Waals surface area contributed by atoms with Crippen LogP contribution in [0.3, 0.4) is 0 Å². The van der Waals surface area contributed by atoms with Crippen molar-refractivity contribution >= 4 is 22.8 Å². The van der Waals surface area contributed by atoms with E-state index in [2.05, 4.69) is 17.9 Å². The Morgan fingerprint density at radius 1 is 1.15 bits per heavy atom. The summed E-state index contributed by atoms with van der Waals surface area (Å²) in [6.07, 6.45) is 7.68. The highest BCUT2D eigenvalue weighted by Crippen LogP contribution is 2.78. The third kappa shape index (κ3) is 4.47. The molecule has 208 valence electrons. The van der Waals surface area contributed by atoms with Gasteiger partial charge in [0.2, 0.25) is 0 Å². The van der Waals surface area contributed by atoms with Crippen molar-refractivity contribution in [3.63, 3.8) is 0 Å². The SMILES string of the molecule is C=CC.CSc1cc2c(C34CC(C(F)(F)F)(C3)C4)nc([C@H]3CCO[C@@H](c4cnn(C5CC5)c4)C3)nc2nc1C. The Labute approximate surface area is 230 Å². The number of fused-ring (bicyclic) bond motifs is 1. The second-order valence-electron chi connectivity index (χ2n) is 11.6. The van der Waals surface area contributed by atoms with Crippen molar-refractivity contribution in [2.24, 2.45) is 5.41 Å². The van der Waals surface area contributed by atoms with Gasteiger partial charge in [-0.3, -0.25) is 4.68 Å². The lowest BCUT2D eigenvalue weighted by Gasteiger charge is -2.70. The van der Waals surface area contributed by atoms with Crippen LogP contribution in [0.5, 0.6) is 0 Å². The van der Waals surface area contributed by atoms with Crippen LogP contribution in [0, 0.1) is 12.3 Å². The molecule has 8 rings (SSSR count). The first-order chi connectivity index (χ1) is 18.6. The van der Waals surface area contributed by atoms with Gasteiger partial charge in [-0.15, -0.1) is 18.3 Å². The van der Waals surface area contributed by atoms with Crippen LogP contribution >= 0.6 is 11.8 Å². The van der Waals surface area contributed by atoms with Crippen LogP contribution in [0.25, 0.3) is 11.0 Å². The monoisotopic (exact) mass is 557 g/mol. The van der Waals surface area contributed by atoms with Crippen molar-refractivity contribution in [3.05, 3.63) is 53.9 Å². The molecule has 6 nitrogen and oxygen atoms in total. The first kappa shape index (κ1) is 26.7. The number of rotatable bonds is 5. The predicted octanol–water partition coefficient (Wildman–Crippen LogP) is 7.40. The zero-order chi connectivity index (χ0) is 27.6. The van der Waals surface area contributed by atoms with Gasteiger partial charge in [0, 0.05) is 40.0 Å². The van der Waals surface area contributed by atoms with Gasteiger partial charge < -0.3 is 4.74 Å². The number of thioether (sulfide) groups is 1. The van der Waals surface area contributed by atoms with Gasteiger partial charge in [-0.25, -0.2) is 15.0 Å². The number of halogens is 3. The number of alkyl halides is 3. The number of pyridine rings is 1. The van der Waals surface area contributed by atoms with Gasteiger partial charge in [-0.05, 0) is 71.1 Å². The van der Waals surface area contributed by atoms with E-state index in [9.17, 15) is 13.2 Å². The number of nitrogens with zero attached hydrogens (tertiary/aromatic N) is 5. The molecule has 3 aromatic heterocycles. The molecule has 2 bridgehead atoms. The fourth-order valence-corrected chi connectivity index (χ4v) is 7.17. The van der Waals surface area contributed by atoms with E-state index in [0.29, 0.717) is 24.1 Å². The first-order valence-electron chi connectivity index (χ1n) is 13.7. The van der Waals surface area contributed by atoms with Crippen molar-refractivity contribution < 1.29 is 17.9 Å². The molecule has 4 aliphatic carbocycles. The van der Waals surface area contributed by atoms with Crippen LogP contribution in [0.4, 0.5) is 13.2 Å². The molecule has 4 heterocycles. The number of aryl methyl sites for hydroxylation is 1. The van der Waals surface area contributed by atoms with Crippen molar-refractivity contribution in [3.8, 4) is 0 Å². The van der Waals surface area contributed by atoms with Crippen LogP contribution in [0.1, 0.15) is 92.7 Å². The van der Waals surface area contributed by atoms with E-state index >= 15 is 0 Å². The Balaban J connectivity index is 0.000000883. The molecule has 0 aromatic carbocycles. The smallest absolute Gasteiger partial charge is 0.373 e. The summed E-state index contributed by atoms with van der Waals surface area (Å²) < 4.78 is 49.1. The summed E-state index contributed by atoms with van der Waals surface area (Å²) >= 11 is 1.59. The average Bonchev–Trinajstić information content (AvgIpc) is 3.57. The van der Waals surface area contributed by atoms with E-state index in [4.69, 9.17) is 19.7 Å². The maximum absolute atomic E-state index is 13.7. The number of hydrogen-bond donors (Lipinski definition) is 0. The van der Waals surface area contributed by atoms with Crippen molar-refractivity contribution in [2.45, 2.75) is 93.3 Å². The Morgan fingerprint density at radius 2 is 1.87 bits per heavy atom. The maximum atomic E-state index is 13.7. The fourth-order valence-electron chi connectivity index (χ4n) is 6.60. The number of ether oxygens (including phenoxy) is 1. The fraction of sp³-hybridized carbons (Fsp3) is 0.586. The van der Waals surface area contributed by atoms with Gasteiger partial charge in [0.05, 0.1) is 35.1 Å². The molecular weight excluding hydrogens is 523 g/mol. The summed E-state index contributed by atoms with van der Waals surface area (Å²) in [5, 5.41) is 5.32. The average molecular weight is 558 g/mol. The molecule has 1 aliphatic heterocycles. The molecule has 10 heteroatoms. The van der Waals surface area contributed by atoms with Gasteiger partial charge in [-0.2, -0.15) is 18.3 Å². The van der Waals surface area contributed by atoms with Crippen LogP contribution in [-0.2, 0) is 10.2 Å². The third-order valence-corrected chi connectivity index (χ3v) is 9.62. The Bertz CT molecular complexity index is 1400. The van der Waals surface area contributed by atoms with E-state index in [1.54, 1.807) is 17.8 Å². The van der Waals surface area contributed by atoms with Gasteiger partial charge in [0.25, 0.3) is 0 Å². The molecule has 0 unspecified atom stereocenters. The van der Waals surface area contributed by atoms with Crippen LogP contribution < -0.4 is 0 Å². The molecule has 0 radical (unpaired) electrons. The summed E-state index contributed by atoms with van der Waals surface area (Å²) in [6, 6.07) is 2.54. The van der Waals surface area contributed by atoms with Gasteiger partial charge in [0.1, 0.15) is 5.82 Å². The van der Waals surface area contributed by atoms with E-state index < -0.39 is 17.0 Å². The standard InChI is InChI=1S/C26H28F3N5OS.C3H6/c1-14-20(36-2)8-18-21(24-11-25(12-24,13-24)26(27,28)29)32-22(33-23(18)31-14)15-5-6-35-19(7-15)16-9-30-34(10-16)17-3-4-17;1-3-2/h8-10,15,17,19H,3-7,11-13H2,1-2H3;3H,1H2,2H3/t15-,19+,24?,25?;/m0./s1. The molecule has 0 N–H and O–H groups in total. The van der Waals surface area contributed by atoms with Crippen LogP contribution in [0.15, 0.2) is 36.0 Å². The molecular formula is C29H34F3N5OS. The molecule has 5 fully saturated rings. The van der Waals surface area contributed by atoms with Crippen LogP contribution in [-0.4, -0.2) is 43.8 Å². The Kier molecular flexibility index (Phi) is 6.57. The summed E-state index contributed by atoms with van der Waals surface area (Å²) in [5.74, 6) is 0.748. The molecule has 4 saturated carbocycles. The molecule has 1 saturated heterocycles. The maximum Gasteiger partial charge on any atom is 0.394 e. The van der Waals surface area contributed by atoms with Crippen molar-refractivity contribution in [1.29, 1.82) is 0 Å². The second kappa shape index (κ2) is 9.58. The highest BCUT2D eigenvalue weighted by molar-refractivity contribution is 7.98. The minimum atomic E-state index is -4.15. The quantitative estimate of drug-likeness (QED) is 0.241. The second-order valence-corrected chi connectivity index (χ2v) is 12.5. The van der Waals surface area contributed by atoms with Crippen molar-refractivity contribution in [1.82, 2.24) is 24.7 Å². The zero-order valence-corrected chi connectivity index (χ0v) is 23.4. The van der Waals surface area contributed by atoms with Gasteiger partial charge >= 0.3 is 6.18 Å². The number of hydrogen-bond acceptors (Lipinski definition) is 6. The summed E-state index contributed by atoms with van der Waals surface area (Å²) in [5.41, 5.74) is 1.26. The molecule has 3 aromatic rings. The van der Waals surface area contributed by atoms with Gasteiger partial charge in [0.15, 0.2) is 5.65 Å². The predicted molar refractivity (Wildman–Crippen MR) is 145 cm³/mol. The minimum absolute atomic E-state index is 0.0578. The zero-order valence-electron chi connectivity index (χ0n) is 22.6. The minimum Gasteiger partial charge on any atom is -0.373 e. The summed E-state index contributed by atoms with van der Waals surface area (Å²) in [6.45, 7) is 7.79. The van der Waals surface area contributed by atoms with Crippen molar-refractivity contribution in [2.75, 3.05) is 12.9 Å². The van der Waals surface area contributed by atoms with Gasteiger partial charge in [-0.1, -0.05) is 6.08 Å². The van der Waals surface area contributed by atoms with Crippen LogP contribution in [0.2, 0.25) is 0 Å². The number of allylic oxidation sites excluding steroid dienone is 1. The topological polar surface area (TPSA) is 65.7 Å². The largest absolute Gasteiger partial charge is 0.394 e. The summed E-state index contributed by atoms with van der Waals surface area (Å²) in [7, 11) is 0. The Morgan fingerprint density at radius 3 is 2.51 bits per heavy atom.